The first kappa shape index (κ1) is 51.5. The number of ether oxygens (including phenoxy) is 2. The highest BCUT2D eigenvalue weighted by molar-refractivity contribution is 6.01. The summed E-state index contributed by atoms with van der Waals surface area (Å²) in [7, 11) is 1.35. The monoisotopic (exact) mass is 933 g/mol. The molecule has 5 amide bonds. The molecule has 360 valence electrons. The number of hydrogen-bond donors (Lipinski definition) is 7. The zero-order valence-corrected chi connectivity index (χ0v) is 39.0. The summed E-state index contributed by atoms with van der Waals surface area (Å²) in [5.41, 5.74) is 20.3. The fourth-order valence-corrected chi connectivity index (χ4v) is 7.67. The van der Waals surface area contributed by atoms with Gasteiger partial charge in [-0.3, -0.25) is 34.1 Å². The summed E-state index contributed by atoms with van der Waals surface area (Å²) < 4.78 is 12.1. The highest BCUT2D eigenvalue weighted by Crippen LogP contribution is 2.40. The number of fused-ring (bicyclic) bond motifs is 5. The third-order valence-corrected chi connectivity index (χ3v) is 11.3. The summed E-state index contributed by atoms with van der Waals surface area (Å²) in [6.07, 6.45) is -0.144. The van der Waals surface area contributed by atoms with Crippen molar-refractivity contribution >= 4 is 35.2 Å². The van der Waals surface area contributed by atoms with Crippen molar-refractivity contribution in [1.82, 2.24) is 31.2 Å². The molecule has 1 aliphatic rings. The molecule has 1 aliphatic heterocycles. The Balaban J connectivity index is 1.59. The highest BCUT2D eigenvalue weighted by Gasteiger charge is 2.37. The van der Waals surface area contributed by atoms with E-state index in [9.17, 15) is 34.1 Å². The molecule has 0 saturated heterocycles. The van der Waals surface area contributed by atoms with E-state index >= 15 is 0 Å². The number of nitro groups is 1. The Morgan fingerprint density at radius 1 is 0.941 bits per heavy atom. The molecule has 4 unspecified atom stereocenters. The van der Waals surface area contributed by atoms with Crippen LogP contribution in [0.15, 0.2) is 66.7 Å². The number of nitrogens with zero attached hydrogens (tertiary/aromatic N) is 4. The van der Waals surface area contributed by atoms with E-state index in [1.807, 2.05) is 39.0 Å². The maximum absolute atomic E-state index is 14.7. The van der Waals surface area contributed by atoms with Gasteiger partial charge in [-0.2, -0.15) is 5.26 Å². The van der Waals surface area contributed by atoms with Gasteiger partial charge in [-0.1, -0.05) is 57.2 Å². The molecule has 0 saturated carbocycles. The molecular weight excluding hydrogens is 875 g/mol. The van der Waals surface area contributed by atoms with Gasteiger partial charge in [0, 0.05) is 49.3 Å². The van der Waals surface area contributed by atoms with Crippen molar-refractivity contribution in [3.8, 4) is 40.0 Å². The fraction of sp³-hybridized carbons (Fsp3) is 0.396. The minimum absolute atomic E-state index is 0.0286. The zero-order chi connectivity index (χ0) is 49.9. The Hall–Kier alpha value is -7.47. The molecular formula is C48H59N11O9. The summed E-state index contributed by atoms with van der Waals surface area (Å²) >= 11 is 0. The number of nitrogens with two attached hydrogens (primary N) is 3. The van der Waals surface area contributed by atoms with Gasteiger partial charge in [0.25, 0.3) is 11.6 Å². The quantitative estimate of drug-likeness (QED) is 0.0483. The Morgan fingerprint density at radius 2 is 1.57 bits per heavy atom. The average Bonchev–Trinajstić information content (AvgIpc) is 3.30. The molecule has 1 aromatic heterocycles. The van der Waals surface area contributed by atoms with E-state index in [-0.39, 0.29) is 80.2 Å². The Bertz CT molecular complexity index is 2570. The van der Waals surface area contributed by atoms with E-state index in [0.717, 1.165) is 16.5 Å². The van der Waals surface area contributed by atoms with Crippen LogP contribution in [0.2, 0.25) is 0 Å². The van der Waals surface area contributed by atoms with Crippen LogP contribution in [0.4, 0.5) is 5.69 Å². The van der Waals surface area contributed by atoms with E-state index in [0.29, 0.717) is 33.8 Å². The van der Waals surface area contributed by atoms with E-state index in [2.05, 4.69) is 26.3 Å². The van der Waals surface area contributed by atoms with Crippen LogP contribution >= 0.6 is 0 Å². The minimum Gasteiger partial charge on any atom is -0.492 e. The highest BCUT2D eigenvalue weighted by atomic mass is 16.6. The Kier molecular flexibility index (Phi) is 17.3. The molecule has 4 atom stereocenters. The first-order valence-corrected chi connectivity index (χ1v) is 22.1. The molecule has 4 bridgehead atoms. The SMILES string of the molecule is Cc1nc(-c2ccc(C(C)(C)C)cc2)c([N+](=O)[O-])cc1C(=O)NC(CCN)C(=O)N(C)C1C(=O)NC(C)C(=O)NC(C(=O)NCC#N)Cc2ccc(OCCN)c(c2)-c2cc1ccc2OCCN. The van der Waals surface area contributed by atoms with Crippen LogP contribution in [0.1, 0.15) is 72.9 Å². The van der Waals surface area contributed by atoms with Crippen molar-refractivity contribution in [2.45, 2.75) is 77.0 Å². The van der Waals surface area contributed by atoms with Crippen molar-refractivity contribution in [2.24, 2.45) is 17.2 Å². The summed E-state index contributed by atoms with van der Waals surface area (Å²) in [6.45, 7) is 9.18. The molecule has 0 radical (unpaired) electrons. The lowest BCUT2D eigenvalue weighted by atomic mass is 9.86. The number of likely N-dealkylation sites (N-methyl/N-ethyl adjacent to an activating group) is 1. The van der Waals surface area contributed by atoms with Crippen LogP contribution in [0.3, 0.4) is 0 Å². The summed E-state index contributed by atoms with van der Waals surface area (Å²) in [6, 6.07) is 14.8. The van der Waals surface area contributed by atoms with E-state index in [1.54, 1.807) is 48.5 Å². The molecule has 3 aromatic carbocycles. The minimum atomic E-state index is -1.49. The van der Waals surface area contributed by atoms with Gasteiger partial charge in [0.2, 0.25) is 23.6 Å². The Morgan fingerprint density at radius 3 is 2.16 bits per heavy atom. The molecule has 4 aromatic rings. The molecule has 0 spiro atoms. The van der Waals surface area contributed by atoms with Gasteiger partial charge in [0.1, 0.15) is 61.1 Å². The molecule has 20 nitrogen and oxygen atoms in total. The second-order valence-electron chi connectivity index (χ2n) is 17.3. The zero-order valence-electron chi connectivity index (χ0n) is 39.0. The Labute approximate surface area is 394 Å². The summed E-state index contributed by atoms with van der Waals surface area (Å²) in [4.78, 5) is 87.9. The molecule has 20 heteroatoms. The third-order valence-electron chi connectivity index (χ3n) is 11.3. The normalized spacial score (nSPS) is 16.4. The van der Waals surface area contributed by atoms with Gasteiger partial charge < -0.3 is 52.8 Å². The largest absolute Gasteiger partial charge is 0.492 e. The molecule has 10 N–H and O–H groups in total. The fourth-order valence-electron chi connectivity index (χ4n) is 7.67. The lowest BCUT2D eigenvalue weighted by molar-refractivity contribution is -0.384. The van der Waals surface area contributed by atoms with E-state index < -0.39 is 64.3 Å². The standard InChI is InChI=1S/C48H59N11O9/c1-27-33(26-38(59(65)66)41(54-27)30-8-11-32(12-9-30)48(3,4)5)44(61)56-36(15-16-49)47(64)58(6)42-31-10-14-40(68-22-19-52)35(25-31)34-23-29(7-13-39(34)67-21-18-51)24-37(45(62)53-20-17-50)57-43(60)28(2)55-46(42)63/h7-14,23,25-26,28,36-37,42H,15-16,18-22,24,49,51-52H2,1-6H3,(H,53,62)(H,55,63)(H,56,61)(H,57,60). The van der Waals surface area contributed by atoms with E-state index in [4.69, 9.17) is 31.9 Å². The molecule has 0 aliphatic carbocycles. The van der Waals surface area contributed by atoms with Crippen LogP contribution in [0.5, 0.6) is 11.5 Å². The smallest absolute Gasteiger partial charge is 0.296 e. The van der Waals surface area contributed by atoms with Gasteiger partial charge in [-0.05, 0) is 73.2 Å². The van der Waals surface area contributed by atoms with Crippen LogP contribution < -0.4 is 47.9 Å². The van der Waals surface area contributed by atoms with Crippen LogP contribution in [-0.2, 0) is 31.0 Å². The maximum Gasteiger partial charge on any atom is 0.296 e. The number of amides is 5. The van der Waals surface area contributed by atoms with Crippen LogP contribution in [0, 0.1) is 28.4 Å². The predicted molar refractivity (Wildman–Crippen MR) is 253 cm³/mol. The van der Waals surface area contributed by atoms with Gasteiger partial charge in [-0.15, -0.1) is 0 Å². The topological polar surface area (TPSA) is 313 Å². The van der Waals surface area contributed by atoms with Crippen molar-refractivity contribution in [1.29, 1.82) is 5.26 Å². The predicted octanol–water partition coefficient (Wildman–Crippen LogP) is 2.44. The second-order valence-corrected chi connectivity index (χ2v) is 17.3. The number of carbonyl (C=O) groups excluding carboxylic acids is 5. The number of nitrogens with one attached hydrogen (secondary N) is 4. The maximum atomic E-state index is 14.7. The number of nitriles is 1. The molecule has 5 rings (SSSR count). The van der Waals surface area contributed by atoms with Crippen molar-refractivity contribution in [3.05, 3.63) is 105 Å². The number of pyridine rings is 1. The molecule has 68 heavy (non-hydrogen) atoms. The number of hydrogen-bond acceptors (Lipinski definition) is 14. The number of rotatable bonds is 16. The molecule has 0 fully saturated rings. The van der Waals surface area contributed by atoms with Crippen molar-refractivity contribution in [2.75, 3.05) is 46.4 Å². The lowest BCUT2D eigenvalue weighted by Gasteiger charge is -2.32. The number of benzene rings is 3. The van der Waals surface area contributed by atoms with E-state index in [1.165, 1.54) is 20.9 Å². The first-order chi connectivity index (χ1) is 32.3. The number of aromatic nitrogens is 1. The van der Waals surface area contributed by atoms with Crippen molar-refractivity contribution < 1.29 is 38.4 Å². The lowest BCUT2D eigenvalue weighted by Crippen LogP contribution is -2.56. The first-order valence-electron chi connectivity index (χ1n) is 22.1. The summed E-state index contributed by atoms with van der Waals surface area (Å²) in [5, 5.41) is 32.1. The van der Waals surface area contributed by atoms with Gasteiger partial charge in [0.15, 0.2) is 0 Å². The average molecular weight is 934 g/mol. The van der Waals surface area contributed by atoms with Gasteiger partial charge in [-0.25, -0.2) is 4.98 Å². The number of carbonyl (C=O) groups is 5. The van der Waals surface area contributed by atoms with Crippen LogP contribution in [-0.4, -0.2) is 109 Å². The van der Waals surface area contributed by atoms with Crippen LogP contribution in [0.25, 0.3) is 22.4 Å². The second kappa shape index (κ2) is 22.8. The van der Waals surface area contributed by atoms with Crippen molar-refractivity contribution in [3.63, 3.8) is 0 Å². The number of aryl methyl sites for hydroxylation is 1. The van der Waals surface area contributed by atoms with Gasteiger partial charge >= 0.3 is 0 Å². The third kappa shape index (κ3) is 12.3. The summed E-state index contributed by atoms with van der Waals surface area (Å²) in [5.74, 6) is -3.14. The molecule has 2 heterocycles. The van der Waals surface area contributed by atoms with Gasteiger partial charge in [0.05, 0.1) is 22.2 Å².